The molecule has 0 spiro atoms. The van der Waals surface area contributed by atoms with Crippen molar-refractivity contribution in [3.63, 3.8) is 0 Å². The van der Waals surface area contributed by atoms with Crippen molar-refractivity contribution in [1.29, 1.82) is 0 Å². The molecule has 1 aliphatic carbocycles. The fraction of sp³-hybridized carbons (Fsp3) is 0.591. The molecule has 0 bridgehead atoms. The number of thioether (sulfide) groups is 1. The topological polar surface area (TPSA) is 85.2 Å². The van der Waals surface area contributed by atoms with Crippen LogP contribution in [0.3, 0.4) is 0 Å². The molecule has 1 aromatic carbocycles. The van der Waals surface area contributed by atoms with Crippen LogP contribution in [0.25, 0.3) is 0 Å². The summed E-state index contributed by atoms with van der Waals surface area (Å²) in [6.45, 7) is 5.36. The van der Waals surface area contributed by atoms with Crippen molar-refractivity contribution in [1.82, 2.24) is 19.7 Å². The first-order valence-corrected chi connectivity index (χ1v) is 13.7. The summed E-state index contributed by atoms with van der Waals surface area (Å²) in [4.78, 5) is 14.9. The maximum atomic E-state index is 13.1. The Labute approximate surface area is 188 Å². The molecule has 1 aromatic heterocycles. The van der Waals surface area contributed by atoms with E-state index in [1.165, 1.54) is 17.3 Å². The van der Waals surface area contributed by atoms with Crippen molar-refractivity contribution in [2.24, 2.45) is 5.92 Å². The van der Waals surface area contributed by atoms with E-state index in [4.69, 9.17) is 0 Å². The Morgan fingerprint density at radius 1 is 1.19 bits per heavy atom. The number of hydrogen-bond acceptors (Lipinski definition) is 6. The Hall–Kier alpha value is -1.87. The van der Waals surface area contributed by atoms with Crippen LogP contribution >= 0.6 is 11.8 Å². The summed E-state index contributed by atoms with van der Waals surface area (Å²) in [6.07, 6.45) is 2.80. The molecule has 0 N–H and O–H groups in total. The number of carbonyl (C=O) groups is 1. The van der Waals surface area contributed by atoms with Crippen LogP contribution in [0, 0.1) is 5.92 Å². The Bertz CT molecular complexity index is 1020. The lowest BCUT2D eigenvalue weighted by molar-refractivity contribution is -0.130. The van der Waals surface area contributed by atoms with Gasteiger partial charge in [0.1, 0.15) is 5.82 Å². The van der Waals surface area contributed by atoms with Crippen LogP contribution in [0.1, 0.15) is 50.4 Å². The van der Waals surface area contributed by atoms with E-state index in [9.17, 15) is 13.2 Å². The average Bonchev–Trinajstić information content (AvgIpc) is 3.40. The lowest BCUT2D eigenvalue weighted by Gasteiger charge is -2.29. The van der Waals surface area contributed by atoms with Gasteiger partial charge < -0.3 is 9.47 Å². The molecule has 1 saturated heterocycles. The van der Waals surface area contributed by atoms with Crippen LogP contribution in [0.15, 0.2) is 35.5 Å². The van der Waals surface area contributed by atoms with E-state index in [0.29, 0.717) is 25.4 Å². The fourth-order valence-corrected chi connectivity index (χ4v) is 6.60. The van der Waals surface area contributed by atoms with Crippen LogP contribution < -0.4 is 0 Å². The molecule has 9 heteroatoms. The van der Waals surface area contributed by atoms with E-state index in [2.05, 4.69) is 40.7 Å². The second-order valence-electron chi connectivity index (χ2n) is 8.97. The average molecular weight is 463 g/mol. The van der Waals surface area contributed by atoms with Gasteiger partial charge in [-0.15, -0.1) is 10.2 Å². The van der Waals surface area contributed by atoms with Crippen molar-refractivity contribution < 1.29 is 13.2 Å². The van der Waals surface area contributed by atoms with Gasteiger partial charge in [0.25, 0.3) is 0 Å². The molecule has 1 aliphatic heterocycles. The lowest BCUT2D eigenvalue weighted by Crippen LogP contribution is -2.44. The summed E-state index contributed by atoms with van der Waals surface area (Å²) in [5.74, 6) is 2.20. The molecule has 4 rings (SSSR count). The maximum absolute atomic E-state index is 13.1. The van der Waals surface area contributed by atoms with Gasteiger partial charge in [-0.2, -0.15) is 0 Å². The van der Waals surface area contributed by atoms with Crippen molar-refractivity contribution in [2.45, 2.75) is 56.8 Å². The minimum Gasteiger partial charge on any atom is -0.338 e. The number of benzene rings is 1. The second-order valence-corrected chi connectivity index (χ2v) is 12.1. The molecule has 1 atom stereocenters. The fourth-order valence-electron chi connectivity index (χ4n) is 4.04. The van der Waals surface area contributed by atoms with Crippen molar-refractivity contribution >= 4 is 27.5 Å². The lowest BCUT2D eigenvalue weighted by atomic mass is 10.1. The molecular formula is C22H30N4O3S2. The molecule has 2 heterocycles. The van der Waals surface area contributed by atoms with Crippen molar-refractivity contribution in [3.8, 4) is 0 Å². The number of aromatic nitrogens is 3. The third kappa shape index (κ3) is 5.68. The summed E-state index contributed by atoms with van der Waals surface area (Å²) in [7, 11) is -3.04. The van der Waals surface area contributed by atoms with Gasteiger partial charge in [0.15, 0.2) is 15.0 Å². The molecule has 2 fully saturated rings. The quantitative estimate of drug-likeness (QED) is 0.533. The smallest absolute Gasteiger partial charge is 0.233 e. The normalized spacial score (nSPS) is 20.3. The van der Waals surface area contributed by atoms with E-state index in [1.807, 2.05) is 18.2 Å². The first-order chi connectivity index (χ1) is 14.8. The molecule has 2 aromatic rings. The zero-order chi connectivity index (χ0) is 22.0. The second kappa shape index (κ2) is 9.32. The third-order valence-electron chi connectivity index (χ3n) is 5.73. The van der Waals surface area contributed by atoms with E-state index in [-0.39, 0.29) is 35.1 Å². The Balaban J connectivity index is 1.47. The summed E-state index contributed by atoms with van der Waals surface area (Å²) < 4.78 is 26.1. The number of rotatable bonds is 9. The Morgan fingerprint density at radius 2 is 1.94 bits per heavy atom. The monoisotopic (exact) mass is 462 g/mol. The van der Waals surface area contributed by atoms with Gasteiger partial charge >= 0.3 is 0 Å². The van der Waals surface area contributed by atoms with Crippen molar-refractivity contribution in [2.75, 3.05) is 23.8 Å². The van der Waals surface area contributed by atoms with E-state index < -0.39 is 9.84 Å². The Kier molecular flexibility index (Phi) is 6.71. The largest absolute Gasteiger partial charge is 0.338 e. The van der Waals surface area contributed by atoms with Gasteiger partial charge in [0, 0.05) is 18.5 Å². The predicted octanol–water partition coefficient (Wildman–Crippen LogP) is 2.97. The van der Waals surface area contributed by atoms with Crippen LogP contribution in [0.5, 0.6) is 0 Å². The summed E-state index contributed by atoms with van der Waals surface area (Å²) in [5.41, 5.74) is 1.18. The van der Waals surface area contributed by atoms with Gasteiger partial charge in [-0.1, -0.05) is 55.9 Å². The highest BCUT2D eigenvalue weighted by Gasteiger charge is 2.35. The van der Waals surface area contributed by atoms with Crippen molar-refractivity contribution in [3.05, 3.63) is 41.7 Å². The highest BCUT2D eigenvalue weighted by atomic mass is 32.2. The summed E-state index contributed by atoms with van der Waals surface area (Å²) in [5, 5.41) is 9.58. The zero-order valence-electron chi connectivity index (χ0n) is 18.1. The van der Waals surface area contributed by atoms with Gasteiger partial charge in [-0.05, 0) is 30.7 Å². The Morgan fingerprint density at radius 3 is 2.55 bits per heavy atom. The zero-order valence-corrected chi connectivity index (χ0v) is 19.7. The molecule has 0 radical (unpaired) electrons. The first-order valence-electron chi connectivity index (χ1n) is 10.9. The molecule has 1 amide bonds. The molecule has 31 heavy (non-hydrogen) atoms. The minimum atomic E-state index is -3.04. The maximum Gasteiger partial charge on any atom is 0.233 e. The number of amides is 1. The van der Waals surface area contributed by atoms with Crippen LogP contribution in [-0.4, -0.2) is 63.8 Å². The molecule has 7 nitrogen and oxygen atoms in total. The van der Waals surface area contributed by atoms with Gasteiger partial charge in [0.2, 0.25) is 5.91 Å². The molecular weight excluding hydrogens is 432 g/mol. The van der Waals surface area contributed by atoms with Crippen LogP contribution in [0.2, 0.25) is 0 Å². The summed E-state index contributed by atoms with van der Waals surface area (Å²) >= 11 is 1.40. The summed E-state index contributed by atoms with van der Waals surface area (Å²) in [6, 6.07) is 9.99. The van der Waals surface area contributed by atoms with Gasteiger partial charge in [-0.3, -0.25) is 4.79 Å². The van der Waals surface area contributed by atoms with E-state index in [1.54, 1.807) is 4.90 Å². The number of sulfone groups is 1. The van der Waals surface area contributed by atoms with Gasteiger partial charge in [-0.25, -0.2) is 8.42 Å². The van der Waals surface area contributed by atoms with E-state index >= 15 is 0 Å². The number of carbonyl (C=O) groups excluding carboxylic acids is 1. The minimum absolute atomic E-state index is 0.0250. The third-order valence-corrected chi connectivity index (χ3v) is 8.43. The molecule has 1 saturated carbocycles. The van der Waals surface area contributed by atoms with Crippen LogP contribution in [-0.2, 0) is 21.2 Å². The van der Waals surface area contributed by atoms with Gasteiger partial charge in [0.05, 0.1) is 23.8 Å². The first kappa shape index (κ1) is 22.3. The highest BCUT2D eigenvalue weighted by molar-refractivity contribution is 7.99. The van der Waals surface area contributed by atoms with E-state index in [0.717, 1.165) is 23.8 Å². The molecule has 2 aliphatic rings. The number of hydrogen-bond donors (Lipinski definition) is 0. The molecule has 168 valence electrons. The number of nitrogens with zero attached hydrogens (tertiary/aromatic N) is 4. The standard InChI is InChI=1S/C22H30N4O3S2/c1-16(2)12-25(19-10-11-31(28,29)15-19)20(27)14-30-22-24-23-21(18-8-9-18)26(22)13-17-6-4-3-5-7-17/h3-7,16,18-19H,8-15H2,1-2H3/t19-/m1/s1. The van der Waals surface area contributed by atoms with Crippen LogP contribution in [0.4, 0.5) is 0 Å². The highest BCUT2D eigenvalue weighted by Crippen LogP contribution is 2.40. The predicted molar refractivity (Wildman–Crippen MR) is 122 cm³/mol. The molecule has 0 unspecified atom stereocenters. The SMILES string of the molecule is CC(C)CN(C(=O)CSc1nnc(C2CC2)n1Cc1ccccc1)[C@@H]1CCS(=O)(=O)C1.